The quantitative estimate of drug-likeness (QED) is 0.669. The summed E-state index contributed by atoms with van der Waals surface area (Å²) in [6.07, 6.45) is 0. The van der Waals surface area contributed by atoms with E-state index >= 15 is 0 Å². The van der Waals surface area contributed by atoms with Crippen LogP contribution in [0.25, 0.3) is 0 Å². The number of methoxy groups -OCH3 is 1. The van der Waals surface area contributed by atoms with Crippen LogP contribution >= 0.6 is 0 Å². The molecule has 0 fully saturated rings. The minimum atomic E-state index is -0.0520. The van der Waals surface area contributed by atoms with Crippen molar-refractivity contribution in [2.45, 2.75) is 13.8 Å². The summed E-state index contributed by atoms with van der Waals surface area (Å²) in [5.74, 6) is 0.415. The van der Waals surface area contributed by atoms with Gasteiger partial charge in [0.05, 0.1) is 24.3 Å². The molecule has 0 atom stereocenters. The number of aryl methyl sites for hydroxylation is 1. The smallest absolute Gasteiger partial charge is 0.163 e. The van der Waals surface area contributed by atoms with Crippen molar-refractivity contribution in [2.24, 2.45) is 0 Å². The van der Waals surface area contributed by atoms with Crippen molar-refractivity contribution in [3.05, 3.63) is 28.8 Å². The molecule has 1 aromatic carbocycles. The third-order valence-electron chi connectivity index (χ3n) is 2.00. The molecule has 3 nitrogen and oxygen atoms in total. The Morgan fingerprint density at radius 1 is 1.50 bits per heavy atom. The van der Waals surface area contributed by atoms with Gasteiger partial charge in [-0.1, -0.05) is 0 Å². The monoisotopic (exact) mass is 189 g/mol. The summed E-state index contributed by atoms with van der Waals surface area (Å²) >= 11 is 0. The molecule has 1 rings (SSSR count). The van der Waals surface area contributed by atoms with E-state index in [9.17, 15) is 4.79 Å². The molecular weight excluding hydrogens is 178 g/mol. The van der Waals surface area contributed by atoms with E-state index in [0.29, 0.717) is 16.9 Å². The summed E-state index contributed by atoms with van der Waals surface area (Å²) < 4.78 is 5.06. The highest BCUT2D eigenvalue weighted by Crippen LogP contribution is 2.24. The normalized spacial score (nSPS) is 9.29. The molecule has 0 aliphatic carbocycles. The Morgan fingerprint density at radius 3 is 2.57 bits per heavy atom. The minimum absolute atomic E-state index is 0.0520. The summed E-state index contributed by atoms with van der Waals surface area (Å²) in [4.78, 5) is 11.3. The van der Waals surface area contributed by atoms with Gasteiger partial charge in [-0.15, -0.1) is 0 Å². The van der Waals surface area contributed by atoms with Crippen molar-refractivity contribution in [3.63, 3.8) is 0 Å². The molecule has 0 saturated heterocycles. The summed E-state index contributed by atoms with van der Waals surface area (Å²) in [5.41, 5.74) is 1.82. The van der Waals surface area contributed by atoms with Gasteiger partial charge in [0.1, 0.15) is 5.75 Å². The molecule has 3 heteroatoms. The molecule has 0 N–H and O–H groups in total. The number of carbonyl (C=O) groups is 1. The molecule has 0 aliphatic rings. The number of ether oxygens (including phenoxy) is 1. The lowest BCUT2D eigenvalue weighted by molar-refractivity contribution is 0.101. The zero-order chi connectivity index (χ0) is 10.7. The first-order chi connectivity index (χ1) is 6.60. The van der Waals surface area contributed by atoms with Gasteiger partial charge in [-0.3, -0.25) is 4.79 Å². The fraction of sp³-hybridized carbons (Fsp3) is 0.273. The van der Waals surface area contributed by atoms with E-state index in [4.69, 9.17) is 10.00 Å². The number of nitriles is 1. The van der Waals surface area contributed by atoms with Crippen LogP contribution < -0.4 is 4.74 Å². The molecule has 0 unspecified atom stereocenters. The summed E-state index contributed by atoms with van der Waals surface area (Å²) in [7, 11) is 1.49. The van der Waals surface area contributed by atoms with Crippen LogP contribution in [0, 0.1) is 18.3 Å². The molecule has 0 aliphatic heterocycles. The third-order valence-corrected chi connectivity index (χ3v) is 2.00. The van der Waals surface area contributed by atoms with Crippen molar-refractivity contribution < 1.29 is 9.53 Å². The lowest BCUT2D eigenvalue weighted by atomic mass is 10.0. The summed E-state index contributed by atoms with van der Waals surface area (Å²) in [6.45, 7) is 3.27. The summed E-state index contributed by atoms with van der Waals surface area (Å²) in [6, 6.07) is 5.27. The van der Waals surface area contributed by atoms with Crippen LogP contribution in [0.3, 0.4) is 0 Å². The van der Waals surface area contributed by atoms with Crippen molar-refractivity contribution >= 4 is 5.78 Å². The van der Waals surface area contributed by atoms with Gasteiger partial charge in [-0.2, -0.15) is 5.26 Å². The van der Waals surface area contributed by atoms with E-state index in [-0.39, 0.29) is 5.78 Å². The minimum Gasteiger partial charge on any atom is -0.496 e. The zero-order valence-corrected chi connectivity index (χ0v) is 8.42. The van der Waals surface area contributed by atoms with E-state index in [1.165, 1.54) is 14.0 Å². The average molecular weight is 189 g/mol. The highest BCUT2D eigenvalue weighted by atomic mass is 16.5. The number of ketones is 1. The maximum absolute atomic E-state index is 11.3. The SMILES string of the molecule is COc1cc(C#N)cc(C)c1C(C)=O. The van der Waals surface area contributed by atoms with Crippen LogP contribution in [0.15, 0.2) is 12.1 Å². The molecule has 0 aromatic heterocycles. The van der Waals surface area contributed by atoms with Gasteiger partial charge in [0.25, 0.3) is 0 Å². The second-order valence-corrected chi connectivity index (χ2v) is 3.04. The van der Waals surface area contributed by atoms with Crippen molar-refractivity contribution in [1.29, 1.82) is 5.26 Å². The highest BCUT2D eigenvalue weighted by Gasteiger charge is 2.12. The second-order valence-electron chi connectivity index (χ2n) is 3.04. The van der Waals surface area contributed by atoms with E-state index in [1.54, 1.807) is 19.1 Å². The van der Waals surface area contributed by atoms with Gasteiger partial charge in [0.15, 0.2) is 5.78 Å². The predicted octanol–water partition coefficient (Wildman–Crippen LogP) is 2.08. The maximum atomic E-state index is 11.3. The largest absolute Gasteiger partial charge is 0.496 e. The molecule has 0 heterocycles. The fourth-order valence-electron chi connectivity index (χ4n) is 1.43. The lowest BCUT2D eigenvalue weighted by Crippen LogP contribution is -2.01. The highest BCUT2D eigenvalue weighted by molar-refractivity contribution is 5.98. The second kappa shape index (κ2) is 3.93. The molecular formula is C11H11NO2. The Balaban J connectivity index is 3.44. The molecule has 0 spiro atoms. The standard InChI is InChI=1S/C11H11NO2/c1-7-4-9(6-12)5-10(14-3)11(7)8(2)13/h4-5H,1-3H3. The Hall–Kier alpha value is -1.82. The Bertz CT molecular complexity index is 416. The molecule has 14 heavy (non-hydrogen) atoms. The first-order valence-electron chi connectivity index (χ1n) is 4.19. The van der Waals surface area contributed by atoms with Gasteiger partial charge < -0.3 is 4.74 Å². The van der Waals surface area contributed by atoms with Crippen LogP contribution in [0.1, 0.15) is 28.4 Å². The molecule has 1 aromatic rings. The topological polar surface area (TPSA) is 50.1 Å². The maximum Gasteiger partial charge on any atom is 0.163 e. The van der Waals surface area contributed by atoms with Gasteiger partial charge in [0, 0.05) is 0 Å². The first kappa shape index (κ1) is 10.3. The Kier molecular flexibility index (Phi) is 2.88. The molecule has 0 bridgehead atoms. The zero-order valence-electron chi connectivity index (χ0n) is 8.42. The van der Waals surface area contributed by atoms with Crippen LogP contribution in [0.4, 0.5) is 0 Å². The van der Waals surface area contributed by atoms with Crippen LogP contribution in [0.2, 0.25) is 0 Å². The Labute approximate surface area is 82.9 Å². The van der Waals surface area contributed by atoms with Gasteiger partial charge in [0.2, 0.25) is 0 Å². The number of hydrogen-bond donors (Lipinski definition) is 0. The van der Waals surface area contributed by atoms with Crippen molar-refractivity contribution in [1.82, 2.24) is 0 Å². The molecule has 0 saturated carbocycles. The fourth-order valence-corrected chi connectivity index (χ4v) is 1.43. The molecule has 0 radical (unpaired) electrons. The number of hydrogen-bond acceptors (Lipinski definition) is 3. The lowest BCUT2D eigenvalue weighted by Gasteiger charge is -2.08. The van der Waals surface area contributed by atoms with Crippen LogP contribution in [-0.4, -0.2) is 12.9 Å². The number of Topliss-reactive ketones (excluding diaryl/α,β-unsaturated/α-hetero) is 1. The number of carbonyl (C=O) groups excluding carboxylic acids is 1. The van der Waals surface area contributed by atoms with Gasteiger partial charge in [-0.05, 0) is 31.5 Å². The van der Waals surface area contributed by atoms with Gasteiger partial charge in [-0.25, -0.2) is 0 Å². The first-order valence-corrected chi connectivity index (χ1v) is 4.19. The number of nitrogens with zero attached hydrogens (tertiary/aromatic N) is 1. The number of rotatable bonds is 2. The van der Waals surface area contributed by atoms with Crippen LogP contribution in [0.5, 0.6) is 5.75 Å². The molecule has 0 amide bonds. The molecule has 72 valence electrons. The van der Waals surface area contributed by atoms with E-state index in [0.717, 1.165) is 5.56 Å². The predicted molar refractivity (Wildman–Crippen MR) is 52.5 cm³/mol. The van der Waals surface area contributed by atoms with Crippen LogP contribution in [-0.2, 0) is 0 Å². The number of benzene rings is 1. The van der Waals surface area contributed by atoms with Gasteiger partial charge >= 0.3 is 0 Å². The average Bonchev–Trinajstić information content (AvgIpc) is 2.15. The summed E-state index contributed by atoms with van der Waals surface area (Å²) in [5, 5.41) is 8.72. The Morgan fingerprint density at radius 2 is 2.14 bits per heavy atom. The van der Waals surface area contributed by atoms with Crippen molar-refractivity contribution in [3.8, 4) is 11.8 Å². The van der Waals surface area contributed by atoms with Crippen molar-refractivity contribution in [2.75, 3.05) is 7.11 Å². The van der Waals surface area contributed by atoms with E-state index in [2.05, 4.69) is 0 Å². The van der Waals surface area contributed by atoms with E-state index in [1.807, 2.05) is 6.07 Å². The third kappa shape index (κ3) is 1.74. The van der Waals surface area contributed by atoms with E-state index < -0.39 is 0 Å².